The first-order chi connectivity index (χ1) is 6.10. The number of aromatic nitrogens is 1. The molecule has 1 aliphatic rings. The van der Waals surface area contributed by atoms with Crippen LogP contribution >= 0.6 is 11.3 Å². The maximum absolute atomic E-state index is 5.64. The summed E-state index contributed by atoms with van der Waals surface area (Å²) in [5.41, 5.74) is 7.05. The highest BCUT2D eigenvalue weighted by atomic mass is 32.1. The largest absolute Gasteiger partial charge is 0.375 e. The van der Waals surface area contributed by atoms with Gasteiger partial charge in [0.15, 0.2) is 5.13 Å². The lowest BCUT2D eigenvalue weighted by molar-refractivity contribution is 0.191. The zero-order valence-electron chi connectivity index (χ0n) is 8.21. The molecule has 0 unspecified atom stereocenters. The van der Waals surface area contributed by atoms with Crippen molar-refractivity contribution in [2.75, 3.05) is 5.73 Å². The van der Waals surface area contributed by atoms with E-state index >= 15 is 0 Å². The third kappa shape index (κ3) is 1.46. The van der Waals surface area contributed by atoms with Gasteiger partial charge in [0.05, 0.1) is 5.69 Å². The highest BCUT2D eigenvalue weighted by Gasteiger charge is 2.36. The summed E-state index contributed by atoms with van der Waals surface area (Å²) in [6.45, 7) is 4.57. The summed E-state index contributed by atoms with van der Waals surface area (Å²) in [6.07, 6.45) is 4.09. The van der Waals surface area contributed by atoms with Crippen LogP contribution in [-0.2, 0) is 5.41 Å². The van der Waals surface area contributed by atoms with E-state index in [9.17, 15) is 0 Å². The van der Waals surface area contributed by atoms with E-state index in [-0.39, 0.29) is 5.41 Å². The zero-order valence-corrected chi connectivity index (χ0v) is 9.03. The van der Waals surface area contributed by atoms with Gasteiger partial charge in [-0.3, -0.25) is 0 Å². The van der Waals surface area contributed by atoms with Crippen LogP contribution in [0.2, 0.25) is 0 Å². The number of nitrogen functional groups attached to an aromatic ring is 1. The third-order valence-corrected chi connectivity index (χ3v) is 3.98. The molecule has 0 spiro atoms. The number of rotatable bonds is 2. The monoisotopic (exact) mass is 196 g/mol. The molecular formula is C10H16N2S. The van der Waals surface area contributed by atoms with Gasteiger partial charge in [-0.25, -0.2) is 4.98 Å². The molecule has 72 valence electrons. The molecule has 2 nitrogen and oxygen atoms in total. The van der Waals surface area contributed by atoms with E-state index in [1.807, 2.05) is 0 Å². The first-order valence-corrected chi connectivity index (χ1v) is 5.70. The van der Waals surface area contributed by atoms with Gasteiger partial charge in [-0.05, 0) is 18.8 Å². The van der Waals surface area contributed by atoms with E-state index < -0.39 is 0 Å². The number of nitrogens with two attached hydrogens (primary N) is 1. The average Bonchev–Trinajstić information content (AvgIpc) is 2.30. The minimum absolute atomic E-state index is 0.229. The van der Waals surface area contributed by atoms with E-state index in [1.165, 1.54) is 25.0 Å². The number of thiazole rings is 1. The fourth-order valence-electron chi connectivity index (χ4n) is 1.92. The van der Waals surface area contributed by atoms with Crippen molar-refractivity contribution >= 4 is 16.5 Å². The van der Waals surface area contributed by atoms with Crippen LogP contribution in [0.3, 0.4) is 0 Å². The van der Waals surface area contributed by atoms with E-state index in [0.717, 1.165) is 5.92 Å². The molecular weight excluding hydrogens is 180 g/mol. The Labute approximate surface area is 83.2 Å². The number of anilines is 1. The van der Waals surface area contributed by atoms with E-state index in [0.29, 0.717) is 5.13 Å². The summed E-state index contributed by atoms with van der Waals surface area (Å²) in [5.74, 6) is 0.814. The van der Waals surface area contributed by atoms with Gasteiger partial charge < -0.3 is 5.73 Å². The highest BCUT2D eigenvalue weighted by Crippen LogP contribution is 2.43. The quantitative estimate of drug-likeness (QED) is 0.790. The second-order valence-electron chi connectivity index (χ2n) is 4.42. The lowest BCUT2D eigenvalue weighted by Crippen LogP contribution is -2.33. The van der Waals surface area contributed by atoms with Gasteiger partial charge >= 0.3 is 0 Å². The van der Waals surface area contributed by atoms with Crippen molar-refractivity contribution in [1.29, 1.82) is 0 Å². The van der Waals surface area contributed by atoms with Crippen LogP contribution in [0.25, 0.3) is 0 Å². The van der Waals surface area contributed by atoms with Gasteiger partial charge in [-0.15, -0.1) is 11.3 Å². The summed E-state index contributed by atoms with van der Waals surface area (Å²) in [6, 6.07) is 0. The van der Waals surface area contributed by atoms with Gasteiger partial charge in [0.25, 0.3) is 0 Å². The van der Waals surface area contributed by atoms with Crippen LogP contribution in [0.5, 0.6) is 0 Å². The predicted molar refractivity (Wildman–Crippen MR) is 56.9 cm³/mol. The Kier molecular flexibility index (Phi) is 2.06. The Morgan fingerprint density at radius 2 is 2.23 bits per heavy atom. The van der Waals surface area contributed by atoms with Gasteiger partial charge in [0.1, 0.15) is 0 Å². The molecule has 0 atom stereocenters. The lowest BCUT2D eigenvalue weighted by Gasteiger charge is -2.39. The minimum atomic E-state index is 0.229. The zero-order chi connectivity index (χ0) is 9.47. The Bertz CT molecular complexity index is 300. The average molecular weight is 196 g/mol. The number of hydrogen-bond acceptors (Lipinski definition) is 3. The molecule has 1 saturated carbocycles. The lowest BCUT2D eigenvalue weighted by atomic mass is 9.66. The highest BCUT2D eigenvalue weighted by molar-refractivity contribution is 7.13. The molecule has 0 aliphatic heterocycles. The van der Waals surface area contributed by atoms with Gasteiger partial charge in [0, 0.05) is 10.8 Å². The van der Waals surface area contributed by atoms with E-state index in [2.05, 4.69) is 24.2 Å². The molecule has 13 heavy (non-hydrogen) atoms. The molecule has 1 aliphatic carbocycles. The molecule has 0 saturated heterocycles. The predicted octanol–water partition coefficient (Wildman–Crippen LogP) is 2.80. The molecule has 1 heterocycles. The van der Waals surface area contributed by atoms with Crippen LogP contribution in [-0.4, -0.2) is 4.98 Å². The summed E-state index contributed by atoms with van der Waals surface area (Å²) in [5, 5.41) is 2.80. The SMILES string of the molecule is CC(C)(c1csc(N)n1)C1CCC1. The van der Waals surface area contributed by atoms with Crippen LogP contribution in [0, 0.1) is 5.92 Å². The molecule has 3 heteroatoms. The molecule has 0 amide bonds. The fourth-order valence-corrected chi connectivity index (χ4v) is 2.66. The molecule has 0 bridgehead atoms. The Hall–Kier alpha value is -0.570. The van der Waals surface area contributed by atoms with Crippen molar-refractivity contribution in [3.8, 4) is 0 Å². The smallest absolute Gasteiger partial charge is 0.180 e. The summed E-state index contributed by atoms with van der Waals surface area (Å²) in [4.78, 5) is 4.38. The number of nitrogens with zero attached hydrogens (tertiary/aromatic N) is 1. The van der Waals surface area contributed by atoms with Crippen molar-refractivity contribution in [3.63, 3.8) is 0 Å². The topological polar surface area (TPSA) is 38.9 Å². The van der Waals surface area contributed by atoms with Crippen LogP contribution < -0.4 is 5.73 Å². The van der Waals surface area contributed by atoms with Gasteiger partial charge in [-0.2, -0.15) is 0 Å². The van der Waals surface area contributed by atoms with Crippen molar-refractivity contribution < 1.29 is 0 Å². The molecule has 1 aromatic rings. The summed E-state index contributed by atoms with van der Waals surface area (Å²) < 4.78 is 0. The molecule has 0 radical (unpaired) electrons. The molecule has 1 aromatic heterocycles. The van der Waals surface area contributed by atoms with Crippen molar-refractivity contribution in [2.45, 2.75) is 38.5 Å². The molecule has 2 N–H and O–H groups in total. The Morgan fingerprint density at radius 1 is 1.54 bits per heavy atom. The summed E-state index contributed by atoms with van der Waals surface area (Å²) in [7, 11) is 0. The summed E-state index contributed by atoms with van der Waals surface area (Å²) >= 11 is 1.55. The second kappa shape index (κ2) is 2.98. The van der Waals surface area contributed by atoms with Crippen molar-refractivity contribution in [3.05, 3.63) is 11.1 Å². The second-order valence-corrected chi connectivity index (χ2v) is 5.31. The van der Waals surface area contributed by atoms with Gasteiger partial charge in [0.2, 0.25) is 0 Å². The van der Waals surface area contributed by atoms with Crippen LogP contribution in [0.15, 0.2) is 5.38 Å². The van der Waals surface area contributed by atoms with Crippen molar-refractivity contribution in [2.24, 2.45) is 5.92 Å². The first-order valence-electron chi connectivity index (χ1n) is 4.82. The molecule has 2 rings (SSSR count). The maximum atomic E-state index is 5.64. The fraction of sp³-hybridized carbons (Fsp3) is 0.700. The van der Waals surface area contributed by atoms with Crippen LogP contribution in [0.1, 0.15) is 38.8 Å². The Morgan fingerprint density at radius 3 is 2.62 bits per heavy atom. The van der Waals surface area contributed by atoms with Gasteiger partial charge in [-0.1, -0.05) is 20.3 Å². The normalized spacial score (nSPS) is 18.6. The molecule has 1 fully saturated rings. The first kappa shape index (κ1) is 9.00. The van der Waals surface area contributed by atoms with Crippen molar-refractivity contribution in [1.82, 2.24) is 4.98 Å². The number of hydrogen-bond donors (Lipinski definition) is 1. The van der Waals surface area contributed by atoms with Crippen LogP contribution in [0.4, 0.5) is 5.13 Å². The standard InChI is InChI=1S/C10H16N2S/c1-10(2,7-4-3-5-7)8-6-13-9(11)12-8/h6-7H,3-5H2,1-2H3,(H2,11,12). The Balaban J connectivity index is 2.22. The van der Waals surface area contributed by atoms with E-state index in [4.69, 9.17) is 5.73 Å². The third-order valence-electron chi connectivity index (χ3n) is 3.31. The van der Waals surface area contributed by atoms with E-state index in [1.54, 1.807) is 11.3 Å². The minimum Gasteiger partial charge on any atom is -0.375 e. The maximum Gasteiger partial charge on any atom is 0.180 e. The molecule has 0 aromatic carbocycles.